The lowest BCUT2D eigenvalue weighted by atomic mass is 9.87. The van der Waals surface area contributed by atoms with Crippen LogP contribution in [0.4, 0.5) is 0 Å². The SMILES string of the molecule is COc1ccc(-c2cccc3c2CCN(C(=O)c2cc4ccc(Br)cn4n2)C3C)c(OC)n1. The first-order chi connectivity index (χ1) is 16.0. The van der Waals surface area contributed by atoms with E-state index in [-0.39, 0.29) is 11.9 Å². The highest BCUT2D eigenvalue weighted by molar-refractivity contribution is 9.10. The molecule has 0 spiro atoms. The Morgan fingerprint density at radius 3 is 2.73 bits per heavy atom. The van der Waals surface area contributed by atoms with Crippen molar-refractivity contribution in [2.45, 2.75) is 19.4 Å². The zero-order valence-electron chi connectivity index (χ0n) is 18.6. The van der Waals surface area contributed by atoms with E-state index in [0.29, 0.717) is 24.0 Å². The number of methoxy groups -OCH3 is 2. The molecule has 7 nitrogen and oxygen atoms in total. The van der Waals surface area contributed by atoms with E-state index >= 15 is 0 Å². The van der Waals surface area contributed by atoms with Gasteiger partial charge in [-0.1, -0.05) is 18.2 Å². The van der Waals surface area contributed by atoms with Crippen LogP contribution in [0.15, 0.2) is 59.2 Å². The Hall–Kier alpha value is -3.39. The number of pyridine rings is 2. The summed E-state index contributed by atoms with van der Waals surface area (Å²) in [6.45, 7) is 2.67. The average Bonchev–Trinajstić information content (AvgIpc) is 3.26. The van der Waals surface area contributed by atoms with E-state index < -0.39 is 0 Å². The topological polar surface area (TPSA) is 69.0 Å². The highest BCUT2D eigenvalue weighted by Gasteiger charge is 2.31. The van der Waals surface area contributed by atoms with Crippen LogP contribution in [0.2, 0.25) is 0 Å². The first-order valence-electron chi connectivity index (χ1n) is 10.7. The number of carbonyl (C=O) groups excluding carboxylic acids is 1. The van der Waals surface area contributed by atoms with Crippen molar-refractivity contribution in [3.05, 3.63) is 76.0 Å². The molecule has 1 aromatic carbocycles. The summed E-state index contributed by atoms with van der Waals surface area (Å²) in [6.07, 6.45) is 2.58. The van der Waals surface area contributed by atoms with Crippen LogP contribution in [0.5, 0.6) is 11.8 Å². The zero-order valence-corrected chi connectivity index (χ0v) is 20.2. The number of hydrogen-bond acceptors (Lipinski definition) is 5. The van der Waals surface area contributed by atoms with Crippen LogP contribution in [0.1, 0.15) is 34.6 Å². The minimum Gasteiger partial charge on any atom is -0.481 e. The summed E-state index contributed by atoms with van der Waals surface area (Å²) in [6, 6.07) is 15.6. The third kappa shape index (κ3) is 3.74. The lowest BCUT2D eigenvalue weighted by molar-refractivity contribution is 0.0671. The number of benzene rings is 1. The minimum absolute atomic E-state index is 0.0675. The van der Waals surface area contributed by atoms with E-state index in [1.165, 1.54) is 5.56 Å². The summed E-state index contributed by atoms with van der Waals surface area (Å²) >= 11 is 3.45. The molecule has 1 amide bonds. The van der Waals surface area contributed by atoms with Crippen LogP contribution < -0.4 is 9.47 Å². The molecule has 0 bridgehead atoms. The number of aromatic nitrogens is 3. The zero-order chi connectivity index (χ0) is 23.1. The predicted octanol–water partition coefficient (Wildman–Crippen LogP) is 4.94. The number of amides is 1. The van der Waals surface area contributed by atoms with Gasteiger partial charge in [-0.3, -0.25) is 4.79 Å². The van der Waals surface area contributed by atoms with Gasteiger partial charge in [0.1, 0.15) is 0 Å². The molecule has 0 N–H and O–H groups in total. The molecule has 0 saturated heterocycles. The Kier molecular flexibility index (Phi) is 5.54. The van der Waals surface area contributed by atoms with Crippen molar-refractivity contribution in [3.63, 3.8) is 0 Å². The van der Waals surface area contributed by atoms with E-state index in [9.17, 15) is 4.79 Å². The maximum absolute atomic E-state index is 13.4. The lowest BCUT2D eigenvalue weighted by Crippen LogP contribution is -2.39. The van der Waals surface area contributed by atoms with Crippen molar-refractivity contribution < 1.29 is 14.3 Å². The molecule has 4 aromatic rings. The third-order valence-electron chi connectivity index (χ3n) is 6.16. The Labute approximate surface area is 200 Å². The summed E-state index contributed by atoms with van der Waals surface area (Å²) in [7, 11) is 3.19. The third-order valence-corrected chi connectivity index (χ3v) is 6.63. The molecule has 0 saturated carbocycles. The van der Waals surface area contributed by atoms with Gasteiger partial charge in [-0.2, -0.15) is 10.1 Å². The smallest absolute Gasteiger partial charge is 0.274 e. The average molecular weight is 507 g/mol. The molecule has 0 fully saturated rings. The molecular formula is C25H23BrN4O3. The van der Waals surface area contributed by atoms with Gasteiger partial charge in [-0.25, -0.2) is 4.52 Å². The van der Waals surface area contributed by atoms with E-state index in [1.54, 1.807) is 18.7 Å². The maximum Gasteiger partial charge on any atom is 0.274 e. The molecular weight excluding hydrogens is 484 g/mol. The van der Waals surface area contributed by atoms with Crippen molar-refractivity contribution in [1.82, 2.24) is 19.5 Å². The van der Waals surface area contributed by atoms with E-state index in [1.807, 2.05) is 47.5 Å². The van der Waals surface area contributed by atoms with Crippen LogP contribution in [0.3, 0.4) is 0 Å². The van der Waals surface area contributed by atoms with Crippen LogP contribution in [0, 0.1) is 0 Å². The summed E-state index contributed by atoms with van der Waals surface area (Å²) in [5.74, 6) is 0.955. The Morgan fingerprint density at radius 1 is 1.09 bits per heavy atom. The van der Waals surface area contributed by atoms with Gasteiger partial charge >= 0.3 is 0 Å². The van der Waals surface area contributed by atoms with Crippen LogP contribution in [-0.2, 0) is 6.42 Å². The molecule has 1 aliphatic heterocycles. The van der Waals surface area contributed by atoms with E-state index in [2.05, 4.69) is 45.1 Å². The fourth-order valence-electron chi connectivity index (χ4n) is 4.51. The first kappa shape index (κ1) is 21.5. The normalized spacial score (nSPS) is 15.4. The number of fused-ring (bicyclic) bond motifs is 2. The number of rotatable bonds is 4. The largest absolute Gasteiger partial charge is 0.481 e. The molecule has 3 aromatic heterocycles. The second-order valence-electron chi connectivity index (χ2n) is 7.95. The standard InChI is InChI=1S/C25H23BrN4O3/c1-15-18-5-4-6-19(21-9-10-23(32-2)27-24(21)33-3)20(18)11-12-29(15)25(31)22-13-17-8-7-16(26)14-30(17)28-22/h4-10,13-15H,11-12H2,1-3H3. The molecule has 4 heterocycles. The van der Waals surface area contributed by atoms with E-state index in [0.717, 1.165) is 33.1 Å². The molecule has 5 rings (SSSR count). The van der Waals surface area contributed by atoms with Gasteiger partial charge in [-0.05, 0) is 70.2 Å². The molecule has 0 radical (unpaired) electrons. The quantitative estimate of drug-likeness (QED) is 0.392. The maximum atomic E-state index is 13.4. The van der Waals surface area contributed by atoms with Crippen molar-refractivity contribution >= 4 is 27.4 Å². The van der Waals surface area contributed by atoms with Crippen LogP contribution >= 0.6 is 15.9 Å². The highest BCUT2D eigenvalue weighted by Crippen LogP contribution is 2.39. The van der Waals surface area contributed by atoms with Crippen LogP contribution in [0.25, 0.3) is 16.6 Å². The van der Waals surface area contributed by atoms with Gasteiger partial charge < -0.3 is 14.4 Å². The van der Waals surface area contributed by atoms with Gasteiger partial charge in [-0.15, -0.1) is 0 Å². The molecule has 1 atom stereocenters. The fraction of sp³-hybridized carbons (Fsp3) is 0.240. The molecule has 0 aliphatic carbocycles. The number of ether oxygens (including phenoxy) is 2. The summed E-state index contributed by atoms with van der Waals surface area (Å²) in [5.41, 5.74) is 5.63. The molecule has 33 heavy (non-hydrogen) atoms. The fourth-order valence-corrected chi connectivity index (χ4v) is 4.84. The molecule has 1 aliphatic rings. The molecule has 1 unspecified atom stereocenters. The first-order valence-corrected chi connectivity index (χ1v) is 11.5. The van der Waals surface area contributed by atoms with Crippen molar-refractivity contribution in [1.29, 1.82) is 0 Å². The predicted molar refractivity (Wildman–Crippen MR) is 129 cm³/mol. The Morgan fingerprint density at radius 2 is 1.94 bits per heavy atom. The van der Waals surface area contributed by atoms with Gasteiger partial charge in [0.2, 0.25) is 11.8 Å². The lowest BCUT2D eigenvalue weighted by Gasteiger charge is -2.36. The number of hydrogen-bond donors (Lipinski definition) is 0. The summed E-state index contributed by atoms with van der Waals surface area (Å²) < 4.78 is 13.4. The molecule has 168 valence electrons. The van der Waals surface area contributed by atoms with Crippen molar-refractivity contribution in [2.24, 2.45) is 0 Å². The van der Waals surface area contributed by atoms with Gasteiger partial charge in [0.25, 0.3) is 5.91 Å². The summed E-state index contributed by atoms with van der Waals surface area (Å²) in [4.78, 5) is 19.7. The number of nitrogens with zero attached hydrogens (tertiary/aromatic N) is 4. The van der Waals surface area contributed by atoms with Crippen molar-refractivity contribution in [2.75, 3.05) is 20.8 Å². The monoisotopic (exact) mass is 506 g/mol. The highest BCUT2D eigenvalue weighted by atomic mass is 79.9. The summed E-state index contributed by atoms with van der Waals surface area (Å²) in [5, 5.41) is 4.50. The van der Waals surface area contributed by atoms with Gasteiger partial charge in [0.15, 0.2) is 5.69 Å². The van der Waals surface area contributed by atoms with Crippen molar-refractivity contribution in [3.8, 4) is 22.9 Å². The Balaban J connectivity index is 1.50. The van der Waals surface area contributed by atoms with Crippen LogP contribution in [-0.4, -0.2) is 46.2 Å². The minimum atomic E-state index is -0.0880. The number of halogens is 1. The molecule has 8 heteroatoms. The second-order valence-corrected chi connectivity index (χ2v) is 8.87. The van der Waals surface area contributed by atoms with E-state index in [4.69, 9.17) is 9.47 Å². The Bertz CT molecular complexity index is 1370. The van der Waals surface area contributed by atoms with Gasteiger partial charge in [0, 0.05) is 28.8 Å². The number of carbonyl (C=O) groups is 1. The second kappa shape index (κ2) is 8.51. The van der Waals surface area contributed by atoms with Gasteiger partial charge in [0.05, 0.1) is 25.8 Å².